The number of pyridine rings is 1. The number of benzene rings is 2. The second-order valence-electron chi connectivity index (χ2n) is 7.38. The van der Waals surface area contributed by atoms with Gasteiger partial charge in [0.25, 0.3) is 0 Å². The van der Waals surface area contributed by atoms with Gasteiger partial charge in [0.2, 0.25) is 5.95 Å². The number of aromatic nitrogens is 3. The third-order valence-corrected chi connectivity index (χ3v) is 5.53. The van der Waals surface area contributed by atoms with E-state index < -0.39 is 5.97 Å². The highest BCUT2D eigenvalue weighted by Gasteiger charge is 2.21. The average Bonchev–Trinajstić information content (AvgIpc) is 2.88. The Hall–Kier alpha value is -4.00. The van der Waals surface area contributed by atoms with Gasteiger partial charge >= 0.3 is 5.97 Å². The van der Waals surface area contributed by atoms with Crippen molar-refractivity contribution in [1.82, 2.24) is 15.0 Å². The van der Waals surface area contributed by atoms with Gasteiger partial charge in [0, 0.05) is 24.2 Å². The topological polar surface area (TPSA) is 77.4 Å². The summed E-state index contributed by atoms with van der Waals surface area (Å²) in [5, 5.41) is 0. The molecule has 0 aliphatic rings. The number of nitrogens with zero attached hydrogens (tertiary/aromatic N) is 4. The molecule has 0 saturated heterocycles. The van der Waals surface area contributed by atoms with Crippen molar-refractivity contribution in [3.8, 4) is 28.1 Å². The van der Waals surface area contributed by atoms with Crippen molar-refractivity contribution in [1.29, 1.82) is 0 Å². The smallest absolute Gasteiger partial charge is 0.356 e. The molecular formula is C26H26N4O3. The third-order valence-electron chi connectivity index (χ3n) is 5.53. The molecule has 168 valence electrons. The number of esters is 1. The van der Waals surface area contributed by atoms with Crippen LogP contribution >= 0.6 is 0 Å². The molecule has 2 heterocycles. The van der Waals surface area contributed by atoms with E-state index in [0.29, 0.717) is 22.7 Å². The van der Waals surface area contributed by atoms with E-state index in [1.54, 1.807) is 13.2 Å². The van der Waals surface area contributed by atoms with Crippen LogP contribution in [0, 0.1) is 0 Å². The zero-order valence-electron chi connectivity index (χ0n) is 19.2. The monoisotopic (exact) mass is 442 g/mol. The van der Waals surface area contributed by atoms with Crippen LogP contribution in [0.1, 0.15) is 24.3 Å². The molecule has 0 fully saturated rings. The Morgan fingerprint density at radius 1 is 0.848 bits per heavy atom. The number of carbonyl (C=O) groups excluding carboxylic acids is 1. The van der Waals surface area contributed by atoms with Crippen LogP contribution in [-0.4, -0.2) is 48.2 Å². The van der Waals surface area contributed by atoms with E-state index in [-0.39, 0.29) is 5.69 Å². The number of ether oxygens (including phenoxy) is 2. The number of hydrogen-bond donors (Lipinski definition) is 0. The predicted octanol–water partition coefficient (Wildman–Crippen LogP) is 5.00. The first kappa shape index (κ1) is 22.2. The van der Waals surface area contributed by atoms with Gasteiger partial charge in [0.05, 0.1) is 14.2 Å². The number of methoxy groups -OCH3 is 2. The Morgan fingerprint density at radius 3 is 2.15 bits per heavy atom. The highest BCUT2D eigenvalue weighted by atomic mass is 16.5. The lowest BCUT2D eigenvalue weighted by Crippen LogP contribution is -2.24. The minimum Gasteiger partial charge on any atom is -0.497 e. The first-order chi connectivity index (χ1) is 16.1. The second-order valence-corrected chi connectivity index (χ2v) is 7.38. The zero-order chi connectivity index (χ0) is 23.4. The quantitative estimate of drug-likeness (QED) is 0.373. The van der Waals surface area contributed by atoms with Gasteiger partial charge in [-0.1, -0.05) is 42.5 Å². The van der Waals surface area contributed by atoms with Crippen LogP contribution in [-0.2, 0) is 4.74 Å². The molecule has 0 bridgehead atoms. The van der Waals surface area contributed by atoms with E-state index in [1.807, 2.05) is 54.6 Å². The number of rotatable bonds is 7. The molecule has 0 radical (unpaired) electrons. The number of fused-ring (bicyclic) bond motifs is 1. The molecule has 7 heteroatoms. The summed E-state index contributed by atoms with van der Waals surface area (Å²) in [4.78, 5) is 29.0. The van der Waals surface area contributed by atoms with Crippen molar-refractivity contribution in [2.75, 3.05) is 32.2 Å². The fourth-order valence-corrected chi connectivity index (χ4v) is 3.74. The molecule has 2 aromatic carbocycles. The van der Waals surface area contributed by atoms with Gasteiger partial charge in [0.1, 0.15) is 28.2 Å². The van der Waals surface area contributed by atoms with Gasteiger partial charge in [-0.3, -0.25) is 0 Å². The van der Waals surface area contributed by atoms with Crippen molar-refractivity contribution >= 4 is 23.0 Å². The van der Waals surface area contributed by atoms with Crippen molar-refractivity contribution in [2.45, 2.75) is 13.8 Å². The fraction of sp³-hybridized carbons (Fsp3) is 0.231. The molecule has 0 aliphatic heterocycles. The van der Waals surface area contributed by atoms with Crippen LogP contribution in [0.4, 0.5) is 5.95 Å². The highest BCUT2D eigenvalue weighted by Crippen LogP contribution is 2.34. The van der Waals surface area contributed by atoms with Gasteiger partial charge in [-0.05, 0) is 37.6 Å². The molecule has 0 unspecified atom stereocenters. The van der Waals surface area contributed by atoms with E-state index in [0.717, 1.165) is 35.5 Å². The van der Waals surface area contributed by atoms with Crippen LogP contribution in [0.15, 0.2) is 60.7 Å². The number of carbonyl (C=O) groups is 1. The van der Waals surface area contributed by atoms with E-state index in [9.17, 15) is 4.79 Å². The SMILES string of the molecule is CCN(CC)c1nc(-c2ccccc2)c2nc(C(=O)OC)cc(-c3ccc(OC)cc3)c2n1. The van der Waals surface area contributed by atoms with Gasteiger partial charge in [-0.15, -0.1) is 0 Å². The minimum atomic E-state index is -0.515. The van der Waals surface area contributed by atoms with E-state index in [4.69, 9.17) is 19.4 Å². The minimum absolute atomic E-state index is 0.201. The molecule has 0 N–H and O–H groups in total. The third kappa shape index (κ3) is 4.35. The Morgan fingerprint density at radius 2 is 1.55 bits per heavy atom. The van der Waals surface area contributed by atoms with Crippen LogP contribution in [0.3, 0.4) is 0 Å². The molecule has 0 saturated carbocycles. The normalized spacial score (nSPS) is 10.8. The summed E-state index contributed by atoms with van der Waals surface area (Å²) in [6.45, 7) is 5.67. The molecule has 7 nitrogen and oxygen atoms in total. The van der Waals surface area contributed by atoms with Gasteiger partial charge in [-0.25, -0.2) is 19.7 Å². The lowest BCUT2D eigenvalue weighted by Gasteiger charge is -2.21. The largest absolute Gasteiger partial charge is 0.497 e. The van der Waals surface area contributed by atoms with E-state index in [2.05, 4.69) is 23.7 Å². The summed E-state index contributed by atoms with van der Waals surface area (Å²) < 4.78 is 10.3. The van der Waals surface area contributed by atoms with Crippen molar-refractivity contribution in [3.05, 3.63) is 66.4 Å². The Kier molecular flexibility index (Phi) is 6.49. The van der Waals surface area contributed by atoms with Gasteiger partial charge in [-0.2, -0.15) is 0 Å². The van der Waals surface area contributed by atoms with Gasteiger partial charge in [0.15, 0.2) is 0 Å². The standard InChI is InChI=1S/C26H26N4O3/c1-5-30(6-2)26-28-22(18-10-8-7-9-11-18)24-23(29-26)20(16-21(27-24)25(31)33-4)17-12-14-19(32-3)15-13-17/h7-16H,5-6H2,1-4H3. The van der Waals surface area contributed by atoms with Crippen LogP contribution in [0.25, 0.3) is 33.4 Å². The maximum absolute atomic E-state index is 12.5. The predicted molar refractivity (Wildman–Crippen MR) is 130 cm³/mol. The Balaban J connectivity index is 2.09. The van der Waals surface area contributed by atoms with Crippen molar-refractivity contribution in [2.24, 2.45) is 0 Å². The Labute approximate surface area is 193 Å². The molecule has 33 heavy (non-hydrogen) atoms. The lowest BCUT2D eigenvalue weighted by atomic mass is 10.0. The number of anilines is 1. The lowest BCUT2D eigenvalue weighted by molar-refractivity contribution is 0.0594. The van der Waals surface area contributed by atoms with Crippen LogP contribution in [0.5, 0.6) is 5.75 Å². The molecule has 0 spiro atoms. The van der Waals surface area contributed by atoms with E-state index >= 15 is 0 Å². The maximum Gasteiger partial charge on any atom is 0.356 e. The summed E-state index contributed by atoms with van der Waals surface area (Å²) in [7, 11) is 2.97. The van der Waals surface area contributed by atoms with Gasteiger partial charge < -0.3 is 14.4 Å². The summed E-state index contributed by atoms with van der Waals surface area (Å²) in [5.41, 5.74) is 4.64. The molecule has 0 amide bonds. The summed E-state index contributed by atoms with van der Waals surface area (Å²) in [6, 6.07) is 19.2. The Bertz CT molecular complexity index is 1270. The number of hydrogen-bond acceptors (Lipinski definition) is 7. The van der Waals surface area contributed by atoms with Crippen molar-refractivity contribution < 1.29 is 14.3 Å². The van der Waals surface area contributed by atoms with Crippen molar-refractivity contribution in [3.63, 3.8) is 0 Å². The van der Waals surface area contributed by atoms with Crippen LogP contribution in [0.2, 0.25) is 0 Å². The summed E-state index contributed by atoms with van der Waals surface area (Å²) >= 11 is 0. The fourth-order valence-electron chi connectivity index (χ4n) is 3.74. The first-order valence-corrected chi connectivity index (χ1v) is 10.9. The summed E-state index contributed by atoms with van der Waals surface area (Å²) in [6.07, 6.45) is 0. The average molecular weight is 443 g/mol. The molecule has 0 aliphatic carbocycles. The molecule has 2 aromatic heterocycles. The second kappa shape index (κ2) is 9.65. The molecule has 0 atom stereocenters. The van der Waals surface area contributed by atoms with E-state index in [1.165, 1.54) is 7.11 Å². The molecule has 4 rings (SSSR count). The first-order valence-electron chi connectivity index (χ1n) is 10.9. The molecule has 4 aromatic rings. The van der Waals surface area contributed by atoms with Crippen LogP contribution < -0.4 is 9.64 Å². The maximum atomic E-state index is 12.5. The zero-order valence-corrected chi connectivity index (χ0v) is 19.2. The molecular weight excluding hydrogens is 416 g/mol. The highest BCUT2D eigenvalue weighted by molar-refractivity contribution is 6.02. The summed E-state index contributed by atoms with van der Waals surface area (Å²) in [5.74, 6) is 0.848.